The highest BCUT2D eigenvalue weighted by Gasteiger charge is 2.43. The van der Waals surface area contributed by atoms with Gasteiger partial charge in [-0.2, -0.15) is 0 Å². The Labute approximate surface area is 272 Å². The fraction of sp³-hybridized carbons (Fsp3) is 0.324. The normalized spacial score (nSPS) is 16.8. The number of hydrogen-bond acceptors (Lipinski definition) is 9. The first-order valence-electron chi connectivity index (χ1n) is 14.7. The van der Waals surface area contributed by atoms with Crippen LogP contribution in [0.5, 0.6) is 5.75 Å². The molecule has 4 unspecified atom stereocenters. The number of ether oxygens (including phenoxy) is 3. The summed E-state index contributed by atoms with van der Waals surface area (Å²) in [6, 6.07) is 25.9. The quantitative estimate of drug-likeness (QED) is 0.133. The Morgan fingerprint density at radius 1 is 0.935 bits per heavy atom. The lowest BCUT2D eigenvalue weighted by molar-refractivity contribution is -0.186. The van der Waals surface area contributed by atoms with Crippen LogP contribution in [0.4, 0.5) is 0 Å². The van der Waals surface area contributed by atoms with Gasteiger partial charge in [-0.1, -0.05) is 78.3 Å². The molecule has 3 aromatic carbocycles. The van der Waals surface area contributed by atoms with Gasteiger partial charge in [0.25, 0.3) is 6.35 Å². The van der Waals surface area contributed by atoms with Crippen LogP contribution in [0, 0.1) is 0 Å². The van der Waals surface area contributed by atoms with Gasteiger partial charge in [0, 0.05) is 24.0 Å². The Kier molecular flexibility index (Phi) is 12.0. The van der Waals surface area contributed by atoms with Crippen LogP contribution >= 0.6 is 11.6 Å². The molecule has 1 aliphatic rings. The summed E-state index contributed by atoms with van der Waals surface area (Å²) >= 11 is 6.05. The summed E-state index contributed by atoms with van der Waals surface area (Å²) in [4.78, 5) is 39.6. The van der Waals surface area contributed by atoms with Crippen molar-refractivity contribution in [1.82, 2.24) is 9.80 Å². The Morgan fingerprint density at radius 2 is 1.63 bits per heavy atom. The molecular formula is C34H37ClN2O9. The van der Waals surface area contributed by atoms with Crippen LogP contribution < -0.4 is 4.74 Å². The lowest BCUT2D eigenvalue weighted by Crippen LogP contribution is -2.50. The maximum Gasteiger partial charge on any atom is 0.336 e. The van der Waals surface area contributed by atoms with Gasteiger partial charge in [-0.3, -0.25) is 9.59 Å². The predicted molar refractivity (Wildman–Crippen MR) is 168 cm³/mol. The fourth-order valence-corrected chi connectivity index (χ4v) is 5.24. The molecule has 0 bridgehead atoms. The Hall–Kier alpha value is -4.58. The van der Waals surface area contributed by atoms with E-state index in [1.807, 2.05) is 67.6 Å². The molecular weight excluding hydrogens is 616 g/mol. The standard InChI is InChI=1S/C34H37ClN2O9/c1-24(31(26-12-6-3-7-13-26)45-23-25-10-4-2-5-11-25)37-18-17-36(16-9-19-44-28-15-8-14-27(35)20-28)33(37)46-30(40)22-34(43,32(41)42)21-29(38)39/h2-8,10-15,17-18,20,24,31,33,43H,9,16,19,21-23H2,1H3,(H,38,39)(H,41,42). The third-order valence-electron chi connectivity index (χ3n) is 7.42. The maximum atomic E-state index is 13.1. The van der Waals surface area contributed by atoms with Crippen molar-refractivity contribution in [1.29, 1.82) is 0 Å². The summed E-state index contributed by atoms with van der Waals surface area (Å²) in [7, 11) is 0. The molecule has 0 spiro atoms. The number of carbonyl (C=O) groups is 3. The van der Waals surface area contributed by atoms with Gasteiger partial charge in [0.05, 0.1) is 32.1 Å². The predicted octanol–water partition coefficient (Wildman–Crippen LogP) is 5.05. The fourth-order valence-electron chi connectivity index (χ4n) is 5.06. The van der Waals surface area contributed by atoms with Crippen LogP contribution in [0.15, 0.2) is 97.3 Å². The lowest BCUT2D eigenvalue weighted by Gasteiger charge is -2.39. The third kappa shape index (κ3) is 9.46. The molecule has 46 heavy (non-hydrogen) atoms. The molecule has 244 valence electrons. The average Bonchev–Trinajstić information content (AvgIpc) is 3.41. The highest BCUT2D eigenvalue weighted by Crippen LogP contribution is 2.32. The minimum atomic E-state index is -2.84. The van der Waals surface area contributed by atoms with E-state index in [2.05, 4.69) is 0 Å². The number of nitrogens with zero attached hydrogens (tertiary/aromatic N) is 2. The molecule has 0 fully saturated rings. The smallest absolute Gasteiger partial charge is 0.336 e. The van der Waals surface area contributed by atoms with Gasteiger partial charge < -0.3 is 39.3 Å². The number of aliphatic carboxylic acids is 2. The molecule has 0 aliphatic carbocycles. The minimum absolute atomic E-state index is 0.318. The number of hydrogen-bond donors (Lipinski definition) is 3. The molecule has 0 saturated carbocycles. The molecule has 3 aromatic rings. The van der Waals surface area contributed by atoms with Gasteiger partial charge >= 0.3 is 17.9 Å². The topological polar surface area (TPSA) is 146 Å². The molecule has 12 heteroatoms. The molecule has 1 aliphatic heterocycles. The van der Waals surface area contributed by atoms with E-state index in [0.717, 1.165) is 11.1 Å². The Balaban J connectivity index is 1.53. The van der Waals surface area contributed by atoms with Crippen LogP contribution in [0.3, 0.4) is 0 Å². The molecule has 1 heterocycles. The Bertz CT molecular complexity index is 1490. The zero-order valence-corrected chi connectivity index (χ0v) is 26.0. The SMILES string of the molecule is CC(C(OCc1ccccc1)c1ccccc1)N1C=CN(CCCOc2cccc(Cl)c2)C1OC(=O)CC(O)(CC(=O)O)C(=O)O. The van der Waals surface area contributed by atoms with Crippen molar-refractivity contribution in [3.63, 3.8) is 0 Å². The van der Waals surface area contributed by atoms with Crippen molar-refractivity contribution < 1.29 is 43.9 Å². The van der Waals surface area contributed by atoms with E-state index >= 15 is 0 Å². The van der Waals surface area contributed by atoms with E-state index in [4.69, 9.17) is 30.9 Å². The summed E-state index contributed by atoms with van der Waals surface area (Å²) in [6.07, 6.45) is 0.235. The highest BCUT2D eigenvalue weighted by molar-refractivity contribution is 6.30. The molecule has 4 atom stereocenters. The first kappa shape index (κ1) is 34.3. The summed E-state index contributed by atoms with van der Waals surface area (Å²) in [5.74, 6) is -3.89. The number of benzene rings is 3. The van der Waals surface area contributed by atoms with Crippen molar-refractivity contribution in [2.24, 2.45) is 0 Å². The first-order valence-corrected chi connectivity index (χ1v) is 15.1. The number of esters is 1. The van der Waals surface area contributed by atoms with E-state index in [1.165, 1.54) is 0 Å². The first-order chi connectivity index (χ1) is 22.1. The second kappa shape index (κ2) is 16.1. The van der Waals surface area contributed by atoms with Crippen LogP contribution in [0.1, 0.15) is 43.4 Å². The zero-order valence-electron chi connectivity index (χ0n) is 25.3. The van der Waals surface area contributed by atoms with Gasteiger partial charge in [0.2, 0.25) is 0 Å². The van der Waals surface area contributed by atoms with Crippen LogP contribution in [-0.4, -0.2) is 74.2 Å². The third-order valence-corrected chi connectivity index (χ3v) is 7.65. The number of carboxylic acids is 2. The number of carbonyl (C=O) groups excluding carboxylic acids is 1. The van der Waals surface area contributed by atoms with Gasteiger partial charge in [-0.05, 0) is 42.7 Å². The minimum Gasteiger partial charge on any atom is -0.493 e. The van der Waals surface area contributed by atoms with E-state index < -0.39 is 54.8 Å². The van der Waals surface area contributed by atoms with Gasteiger partial charge in [0.1, 0.15) is 11.9 Å². The zero-order chi connectivity index (χ0) is 33.1. The van der Waals surface area contributed by atoms with E-state index in [0.29, 0.717) is 37.0 Å². The van der Waals surface area contributed by atoms with Crippen molar-refractivity contribution in [3.05, 3.63) is 113 Å². The molecule has 4 rings (SSSR count). The lowest BCUT2D eigenvalue weighted by atomic mass is 9.96. The number of rotatable bonds is 17. The van der Waals surface area contributed by atoms with Crippen molar-refractivity contribution in [2.45, 2.75) is 56.9 Å². The van der Waals surface area contributed by atoms with Crippen molar-refractivity contribution in [3.8, 4) is 5.75 Å². The summed E-state index contributed by atoms with van der Waals surface area (Å²) in [5, 5.41) is 29.7. The largest absolute Gasteiger partial charge is 0.493 e. The second-order valence-electron chi connectivity index (χ2n) is 10.9. The summed E-state index contributed by atoms with van der Waals surface area (Å²) in [5.41, 5.74) is -0.977. The van der Waals surface area contributed by atoms with Crippen molar-refractivity contribution in [2.75, 3.05) is 13.2 Å². The maximum absolute atomic E-state index is 13.1. The monoisotopic (exact) mass is 652 g/mol. The van der Waals surface area contributed by atoms with E-state index in [9.17, 15) is 24.6 Å². The number of aliphatic hydroxyl groups is 1. The summed E-state index contributed by atoms with van der Waals surface area (Å²) < 4.78 is 18.0. The highest BCUT2D eigenvalue weighted by atomic mass is 35.5. The van der Waals surface area contributed by atoms with Gasteiger partial charge in [-0.15, -0.1) is 0 Å². The molecule has 3 N–H and O–H groups in total. The molecule has 0 saturated heterocycles. The van der Waals surface area contributed by atoms with E-state index in [-0.39, 0.29) is 0 Å². The van der Waals surface area contributed by atoms with Crippen LogP contribution in [0.25, 0.3) is 0 Å². The molecule has 0 amide bonds. The van der Waals surface area contributed by atoms with Gasteiger partial charge in [0.15, 0.2) is 5.60 Å². The molecule has 0 radical (unpaired) electrons. The van der Waals surface area contributed by atoms with E-state index in [1.54, 1.807) is 46.5 Å². The average molecular weight is 653 g/mol. The molecule has 0 aromatic heterocycles. The molecule has 11 nitrogen and oxygen atoms in total. The summed E-state index contributed by atoms with van der Waals surface area (Å²) in [6.45, 7) is 2.93. The second-order valence-corrected chi connectivity index (χ2v) is 11.3. The number of halogens is 1. The van der Waals surface area contributed by atoms with Crippen LogP contribution in [-0.2, 0) is 30.5 Å². The van der Waals surface area contributed by atoms with Crippen LogP contribution in [0.2, 0.25) is 5.02 Å². The van der Waals surface area contributed by atoms with Gasteiger partial charge in [-0.25, -0.2) is 4.79 Å². The Morgan fingerprint density at radius 3 is 2.28 bits per heavy atom. The van der Waals surface area contributed by atoms with Crippen molar-refractivity contribution >= 4 is 29.5 Å². The number of carboxylic acid groups (broad SMARTS) is 2.